The summed E-state index contributed by atoms with van der Waals surface area (Å²) in [6, 6.07) is 2.55. The lowest BCUT2D eigenvalue weighted by Crippen LogP contribution is -2.44. The first-order valence-corrected chi connectivity index (χ1v) is 7.73. The fraction of sp³-hybridized carbons (Fsp3) is 0.600. The van der Waals surface area contributed by atoms with E-state index < -0.39 is 0 Å². The Hall–Kier alpha value is -1.36. The van der Waals surface area contributed by atoms with Gasteiger partial charge in [-0.05, 0) is 50.9 Å². The van der Waals surface area contributed by atoms with Crippen molar-refractivity contribution in [3.8, 4) is 0 Å². The Balaban J connectivity index is 1.81. The Labute approximate surface area is 126 Å². The van der Waals surface area contributed by atoms with E-state index in [1.807, 2.05) is 13.8 Å². The molecule has 0 unspecified atom stereocenters. The van der Waals surface area contributed by atoms with Crippen LogP contribution in [-0.4, -0.2) is 22.4 Å². The van der Waals surface area contributed by atoms with Gasteiger partial charge in [0, 0.05) is 23.0 Å². The quantitative estimate of drug-likeness (QED) is 0.456. The zero-order chi connectivity index (χ0) is 14.5. The summed E-state index contributed by atoms with van der Waals surface area (Å²) >= 11 is 5.30. The van der Waals surface area contributed by atoms with Gasteiger partial charge in [0.25, 0.3) is 0 Å². The van der Waals surface area contributed by atoms with Gasteiger partial charge in [-0.25, -0.2) is 0 Å². The van der Waals surface area contributed by atoms with Gasteiger partial charge in [0.2, 0.25) is 0 Å². The molecular formula is C15H24N4S. The molecule has 0 bridgehead atoms. The average molecular weight is 292 g/mol. The largest absolute Gasteiger partial charge is 0.362 e. The van der Waals surface area contributed by atoms with Crippen molar-refractivity contribution in [1.82, 2.24) is 15.7 Å². The number of thiocarbonyl (C=S) groups is 1. The number of hydrazone groups is 1. The Morgan fingerprint density at radius 1 is 1.40 bits per heavy atom. The number of hydrogen-bond donors (Lipinski definition) is 3. The second-order valence-electron chi connectivity index (χ2n) is 5.74. The van der Waals surface area contributed by atoms with E-state index in [4.69, 9.17) is 12.2 Å². The third kappa shape index (κ3) is 4.07. The maximum Gasteiger partial charge on any atom is 0.187 e. The lowest BCUT2D eigenvalue weighted by molar-refractivity contribution is 0.308. The minimum absolute atomic E-state index is 0.482. The number of nitrogens with zero attached hydrogens (tertiary/aromatic N) is 1. The van der Waals surface area contributed by atoms with Gasteiger partial charge in [-0.2, -0.15) is 5.10 Å². The molecule has 1 aromatic rings. The van der Waals surface area contributed by atoms with Crippen LogP contribution < -0.4 is 10.7 Å². The number of H-pyrrole nitrogens is 1. The predicted molar refractivity (Wildman–Crippen MR) is 88.2 cm³/mol. The number of aryl methyl sites for hydroxylation is 2. The predicted octanol–water partition coefficient (Wildman–Crippen LogP) is 3.01. The van der Waals surface area contributed by atoms with Gasteiger partial charge in [0.15, 0.2) is 5.11 Å². The molecule has 0 amide bonds. The van der Waals surface area contributed by atoms with Crippen LogP contribution in [-0.2, 0) is 0 Å². The topological polar surface area (TPSA) is 52.2 Å². The molecule has 2 rings (SSSR count). The normalized spacial score (nSPS) is 22.9. The molecule has 0 aromatic carbocycles. The van der Waals surface area contributed by atoms with Gasteiger partial charge in [-0.1, -0.05) is 19.8 Å². The smallest absolute Gasteiger partial charge is 0.187 e. The molecule has 1 fully saturated rings. The molecule has 1 aliphatic carbocycles. The molecule has 5 heteroatoms. The van der Waals surface area contributed by atoms with Gasteiger partial charge in [-0.3, -0.25) is 5.43 Å². The molecule has 1 heterocycles. The molecule has 0 spiro atoms. The van der Waals surface area contributed by atoms with Gasteiger partial charge >= 0.3 is 0 Å². The fourth-order valence-corrected chi connectivity index (χ4v) is 2.98. The summed E-state index contributed by atoms with van der Waals surface area (Å²) in [5.41, 5.74) is 6.26. The van der Waals surface area contributed by atoms with Crippen molar-refractivity contribution >= 4 is 23.5 Å². The molecule has 4 nitrogen and oxygen atoms in total. The van der Waals surface area contributed by atoms with Crippen molar-refractivity contribution in [2.45, 2.75) is 52.5 Å². The van der Waals surface area contributed by atoms with Crippen LogP contribution in [0.15, 0.2) is 11.2 Å². The average Bonchev–Trinajstić information content (AvgIpc) is 2.71. The van der Waals surface area contributed by atoms with Crippen LogP contribution in [0.2, 0.25) is 0 Å². The molecule has 1 aromatic heterocycles. The first-order chi connectivity index (χ1) is 9.56. The zero-order valence-corrected chi connectivity index (χ0v) is 13.3. The van der Waals surface area contributed by atoms with E-state index in [1.165, 1.54) is 25.7 Å². The van der Waals surface area contributed by atoms with E-state index in [-0.39, 0.29) is 0 Å². The lowest BCUT2D eigenvalue weighted by Gasteiger charge is -2.30. The SMILES string of the molecule is Cc1cc(/C=N/NC(=S)N[C@H]2CCCC[C@H]2C)c(C)[nH]1. The molecule has 3 N–H and O–H groups in total. The third-order valence-corrected chi connectivity index (χ3v) is 4.20. The van der Waals surface area contributed by atoms with Gasteiger partial charge in [0.1, 0.15) is 0 Å². The maximum atomic E-state index is 5.30. The van der Waals surface area contributed by atoms with Crippen molar-refractivity contribution in [3.05, 3.63) is 23.0 Å². The molecule has 1 aliphatic rings. The highest BCUT2D eigenvalue weighted by molar-refractivity contribution is 7.80. The Morgan fingerprint density at radius 2 is 2.15 bits per heavy atom. The number of aromatic amines is 1. The molecule has 2 atom stereocenters. The first-order valence-electron chi connectivity index (χ1n) is 7.32. The van der Waals surface area contributed by atoms with Gasteiger partial charge < -0.3 is 10.3 Å². The van der Waals surface area contributed by atoms with E-state index in [0.29, 0.717) is 17.1 Å². The van der Waals surface area contributed by atoms with Crippen LogP contribution in [0, 0.1) is 19.8 Å². The van der Waals surface area contributed by atoms with Crippen molar-refractivity contribution in [2.75, 3.05) is 0 Å². The molecule has 20 heavy (non-hydrogen) atoms. The van der Waals surface area contributed by atoms with Crippen molar-refractivity contribution in [1.29, 1.82) is 0 Å². The Kier molecular flexibility index (Phi) is 5.17. The highest BCUT2D eigenvalue weighted by Gasteiger charge is 2.21. The second kappa shape index (κ2) is 6.88. The highest BCUT2D eigenvalue weighted by atomic mass is 32.1. The number of hydrogen-bond acceptors (Lipinski definition) is 2. The number of nitrogens with one attached hydrogen (secondary N) is 3. The minimum Gasteiger partial charge on any atom is -0.362 e. The van der Waals surface area contributed by atoms with E-state index in [9.17, 15) is 0 Å². The van der Waals surface area contributed by atoms with Crippen LogP contribution in [0.5, 0.6) is 0 Å². The summed E-state index contributed by atoms with van der Waals surface area (Å²) in [5.74, 6) is 0.682. The molecular weight excluding hydrogens is 268 g/mol. The highest BCUT2D eigenvalue weighted by Crippen LogP contribution is 2.23. The summed E-state index contributed by atoms with van der Waals surface area (Å²) in [5, 5.41) is 8.20. The van der Waals surface area contributed by atoms with Crippen molar-refractivity contribution < 1.29 is 0 Å². The monoisotopic (exact) mass is 292 g/mol. The summed E-state index contributed by atoms with van der Waals surface area (Å²) < 4.78 is 0. The minimum atomic E-state index is 0.482. The van der Waals surface area contributed by atoms with Crippen LogP contribution in [0.4, 0.5) is 0 Å². The van der Waals surface area contributed by atoms with Crippen LogP contribution >= 0.6 is 12.2 Å². The van der Waals surface area contributed by atoms with Crippen LogP contribution in [0.3, 0.4) is 0 Å². The molecule has 1 saturated carbocycles. The van der Waals surface area contributed by atoms with Gasteiger partial charge in [-0.15, -0.1) is 0 Å². The van der Waals surface area contributed by atoms with Crippen LogP contribution in [0.1, 0.15) is 49.6 Å². The molecule has 110 valence electrons. The molecule has 0 saturated heterocycles. The maximum absolute atomic E-state index is 5.30. The summed E-state index contributed by atoms with van der Waals surface area (Å²) in [6.45, 7) is 6.36. The van der Waals surface area contributed by atoms with Crippen LogP contribution in [0.25, 0.3) is 0 Å². The standard InChI is InChI=1S/C15H24N4S/c1-10-6-4-5-7-14(10)18-15(20)19-16-9-13-8-11(2)17-12(13)3/h8-10,14,17H,4-7H2,1-3H3,(H2,18,19,20)/b16-9+/t10-,14+/m1/s1. The zero-order valence-electron chi connectivity index (χ0n) is 12.5. The Morgan fingerprint density at radius 3 is 2.80 bits per heavy atom. The second-order valence-corrected chi connectivity index (χ2v) is 6.15. The van der Waals surface area contributed by atoms with E-state index in [0.717, 1.165) is 17.0 Å². The van der Waals surface area contributed by atoms with E-state index >= 15 is 0 Å². The van der Waals surface area contributed by atoms with Crippen molar-refractivity contribution in [2.24, 2.45) is 11.0 Å². The Bertz CT molecular complexity index is 492. The fourth-order valence-electron chi connectivity index (χ4n) is 2.77. The van der Waals surface area contributed by atoms with Crippen molar-refractivity contribution in [3.63, 3.8) is 0 Å². The molecule has 0 radical (unpaired) electrons. The summed E-state index contributed by atoms with van der Waals surface area (Å²) in [4.78, 5) is 3.25. The third-order valence-electron chi connectivity index (χ3n) is 3.99. The van der Waals surface area contributed by atoms with E-state index in [2.05, 4.69) is 33.8 Å². The summed E-state index contributed by atoms with van der Waals surface area (Å²) in [6.07, 6.45) is 6.91. The summed E-state index contributed by atoms with van der Waals surface area (Å²) in [7, 11) is 0. The number of rotatable bonds is 3. The molecule has 0 aliphatic heterocycles. The lowest BCUT2D eigenvalue weighted by atomic mass is 9.86. The van der Waals surface area contributed by atoms with E-state index in [1.54, 1.807) is 6.21 Å². The number of aromatic nitrogens is 1. The first kappa shape index (κ1) is 15.0. The van der Waals surface area contributed by atoms with Gasteiger partial charge in [0.05, 0.1) is 6.21 Å².